The second-order valence-corrected chi connectivity index (χ2v) is 9.65. The predicted molar refractivity (Wildman–Crippen MR) is 118 cm³/mol. The standard InChI is InChI=1S/C25H26N4O3/c1-14-21(30)7-6-16-17-8-9-24(32)13-25(17,23(31)15(24)2)18(22(14)16)11-29-12-20(27-28-29)19-5-3-4-10-26-19/h3-7,10,12,17-18,23,30-32H,2,8-9,11,13H2,1H3/t17-,18-,23?,24-,25?/m0/s1. The van der Waals surface area contributed by atoms with Gasteiger partial charge in [0.05, 0.1) is 30.1 Å². The van der Waals surface area contributed by atoms with Crippen LogP contribution < -0.4 is 0 Å². The molecule has 3 aromatic rings. The van der Waals surface area contributed by atoms with Gasteiger partial charge in [0.25, 0.3) is 0 Å². The van der Waals surface area contributed by atoms with Crippen molar-refractivity contribution in [3.05, 3.63) is 71.6 Å². The molecular formula is C25H26N4O3. The first-order valence-corrected chi connectivity index (χ1v) is 11.1. The van der Waals surface area contributed by atoms with Gasteiger partial charge >= 0.3 is 0 Å². The average Bonchev–Trinajstić information content (AvgIpc) is 3.41. The first kappa shape index (κ1) is 19.6. The van der Waals surface area contributed by atoms with Crippen LogP contribution in [0, 0.1) is 12.3 Å². The van der Waals surface area contributed by atoms with Crippen LogP contribution in [0.3, 0.4) is 0 Å². The molecule has 164 valence electrons. The van der Waals surface area contributed by atoms with Gasteiger partial charge < -0.3 is 15.3 Å². The van der Waals surface area contributed by atoms with Gasteiger partial charge in [-0.25, -0.2) is 0 Å². The minimum atomic E-state index is -1.05. The number of aliphatic hydroxyl groups is 2. The van der Waals surface area contributed by atoms with E-state index in [1.807, 2.05) is 37.4 Å². The van der Waals surface area contributed by atoms with Crippen LogP contribution in [0.2, 0.25) is 0 Å². The van der Waals surface area contributed by atoms with Crippen molar-refractivity contribution in [2.45, 2.75) is 56.3 Å². The highest BCUT2D eigenvalue weighted by Crippen LogP contribution is 2.71. The summed E-state index contributed by atoms with van der Waals surface area (Å²) in [6.07, 6.45) is 4.60. The quantitative estimate of drug-likeness (QED) is 0.552. The third-order valence-corrected chi connectivity index (χ3v) is 8.26. The van der Waals surface area contributed by atoms with Gasteiger partial charge in [-0.3, -0.25) is 9.67 Å². The van der Waals surface area contributed by atoms with E-state index in [1.165, 1.54) is 0 Å². The number of fused-ring (bicyclic) bond motifs is 3. The van der Waals surface area contributed by atoms with Gasteiger partial charge in [0.2, 0.25) is 0 Å². The van der Waals surface area contributed by atoms with E-state index < -0.39 is 17.1 Å². The Morgan fingerprint density at radius 2 is 2.06 bits per heavy atom. The Morgan fingerprint density at radius 1 is 1.22 bits per heavy atom. The van der Waals surface area contributed by atoms with Gasteiger partial charge in [-0.1, -0.05) is 23.9 Å². The monoisotopic (exact) mass is 430 g/mol. The fourth-order valence-electron chi connectivity index (χ4n) is 6.75. The Labute approximate surface area is 186 Å². The molecule has 0 saturated heterocycles. The molecule has 7 heteroatoms. The first-order valence-electron chi connectivity index (χ1n) is 11.1. The van der Waals surface area contributed by atoms with Crippen LogP contribution in [-0.2, 0) is 6.54 Å². The predicted octanol–water partition coefficient (Wildman–Crippen LogP) is 3.07. The summed E-state index contributed by atoms with van der Waals surface area (Å²) >= 11 is 0. The zero-order chi connectivity index (χ0) is 22.3. The Bertz CT molecular complexity index is 1240. The SMILES string of the molecule is C=C1C(O)C23C[C@@]1(O)CC[C@H]2c1ccc(O)c(C)c1[C@@H]3Cn1cc(-c2ccccn2)nn1. The zero-order valence-electron chi connectivity index (χ0n) is 17.9. The van der Waals surface area contributed by atoms with Crippen LogP contribution in [0.1, 0.15) is 47.8 Å². The minimum Gasteiger partial charge on any atom is -0.508 e. The molecule has 2 heterocycles. The molecule has 6 rings (SSSR count). The minimum absolute atomic E-state index is 0.0927. The number of aromatic nitrogens is 4. The normalized spacial score (nSPS) is 32.7. The fraction of sp³-hybridized carbons (Fsp3) is 0.400. The molecule has 5 atom stereocenters. The molecule has 3 aliphatic rings. The van der Waals surface area contributed by atoms with E-state index in [1.54, 1.807) is 16.9 Å². The molecule has 3 N–H and O–H groups in total. The summed E-state index contributed by atoms with van der Waals surface area (Å²) in [5, 5.41) is 42.0. The summed E-state index contributed by atoms with van der Waals surface area (Å²) in [5.74, 6) is 0.196. The maximum atomic E-state index is 11.5. The fourth-order valence-corrected chi connectivity index (χ4v) is 6.75. The second kappa shape index (κ2) is 6.49. The molecule has 1 spiro atoms. The van der Waals surface area contributed by atoms with Crippen LogP contribution in [0.4, 0.5) is 0 Å². The smallest absolute Gasteiger partial charge is 0.131 e. The van der Waals surface area contributed by atoms with Crippen molar-refractivity contribution < 1.29 is 15.3 Å². The average molecular weight is 431 g/mol. The lowest BCUT2D eigenvalue weighted by Gasteiger charge is -2.43. The Hall–Kier alpha value is -3.03. The molecule has 0 amide bonds. The van der Waals surface area contributed by atoms with E-state index in [0.29, 0.717) is 30.7 Å². The van der Waals surface area contributed by atoms with Crippen molar-refractivity contribution in [2.75, 3.05) is 0 Å². The third kappa shape index (κ3) is 2.40. The summed E-state index contributed by atoms with van der Waals surface area (Å²) in [7, 11) is 0. The van der Waals surface area contributed by atoms with Crippen molar-refractivity contribution in [3.8, 4) is 17.1 Å². The van der Waals surface area contributed by atoms with Crippen LogP contribution >= 0.6 is 0 Å². The number of aliphatic hydroxyl groups excluding tert-OH is 1. The Morgan fingerprint density at radius 3 is 2.84 bits per heavy atom. The first-order chi connectivity index (χ1) is 15.3. The number of nitrogens with zero attached hydrogens (tertiary/aromatic N) is 4. The molecule has 0 radical (unpaired) electrons. The van der Waals surface area contributed by atoms with E-state index in [0.717, 1.165) is 28.8 Å². The van der Waals surface area contributed by atoms with Crippen LogP contribution in [0.15, 0.2) is 54.9 Å². The van der Waals surface area contributed by atoms with E-state index in [-0.39, 0.29) is 17.6 Å². The number of phenols is 1. The summed E-state index contributed by atoms with van der Waals surface area (Å²) in [4.78, 5) is 4.36. The summed E-state index contributed by atoms with van der Waals surface area (Å²) in [6.45, 7) is 6.51. The van der Waals surface area contributed by atoms with Crippen molar-refractivity contribution in [2.24, 2.45) is 5.41 Å². The molecule has 2 aromatic heterocycles. The van der Waals surface area contributed by atoms with Gasteiger partial charge in [-0.15, -0.1) is 5.10 Å². The van der Waals surface area contributed by atoms with Gasteiger partial charge in [0, 0.05) is 17.5 Å². The maximum absolute atomic E-state index is 11.5. The molecule has 1 aromatic carbocycles. The zero-order valence-corrected chi connectivity index (χ0v) is 17.9. The Kier molecular flexibility index (Phi) is 3.99. The van der Waals surface area contributed by atoms with Crippen molar-refractivity contribution in [1.29, 1.82) is 0 Å². The van der Waals surface area contributed by atoms with E-state index >= 15 is 0 Å². The van der Waals surface area contributed by atoms with Gasteiger partial charge in [-0.05, 0) is 72.6 Å². The summed E-state index contributed by atoms with van der Waals surface area (Å²) in [6, 6.07) is 9.39. The molecule has 7 nitrogen and oxygen atoms in total. The maximum Gasteiger partial charge on any atom is 0.131 e. The van der Waals surface area contributed by atoms with Gasteiger partial charge in [-0.2, -0.15) is 0 Å². The van der Waals surface area contributed by atoms with E-state index in [4.69, 9.17) is 0 Å². The van der Waals surface area contributed by atoms with E-state index in [9.17, 15) is 15.3 Å². The molecule has 2 bridgehead atoms. The molecule has 2 unspecified atom stereocenters. The number of aromatic hydroxyl groups is 1. The third-order valence-electron chi connectivity index (χ3n) is 8.26. The summed E-state index contributed by atoms with van der Waals surface area (Å²) in [5.41, 5.74) is 3.37. The highest BCUT2D eigenvalue weighted by Gasteiger charge is 2.69. The Balaban J connectivity index is 1.48. The van der Waals surface area contributed by atoms with Crippen LogP contribution in [0.25, 0.3) is 11.4 Å². The number of rotatable bonds is 3. The molecule has 3 aliphatic carbocycles. The number of pyridine rings is 1. The lowest BCUT2D eigenvalue weighted by atomic mass is 9.62. The molecule has 0 aliphatic heterocycles. The second-order valence-electron chi connectivity index (χ2n) is 9.65. The highest BCUT2D eigenvalue weighted by atomic mass is 16.3. The number of hydrogen-bond acceptors (Lipinski definition) is 6. The largest absolute Gasteiger partial charge is 0.508 e. The molecule has 2 saturated carbocycles. The van der Waals surface area contributed by atoms with Crippen molar-refractivity contribution >= 4 is 0 Å². The van der Waals surface area contributed by atoms with Crippen molar-refractivity contribution in [1.82, 2.24) is 20.0 Å². The topological polar surface area (TPSA) is 104 Å². The molecular weight excluding hydrogens is 404 g/mol. The molecule has 32 heavy (non-hydrogen) atoms. The molecule has 2 fully saturated rings. The number of benzene rings is 1. The van der Waals surface area contributed by atoms with E-state index in [2.05, 4.69) is 21.9 Å². The number of hydrogen-bond donors (Lipinski definition) is 3. The van der Waals surface area contributed by atoms with Crippen molar-refractivity contribution in [3.63, 3.8) is 0 Å². The van der Waals surface area contributed by atoms with Gasteiger partial charge in [0.15, 0.2) is 0 Å². The lowest BCUT2D eigenvalue weighted by Crippen LogP contribution is -2.42. The van der Waals surface area contributed by atoms with Gasteiger partial charge in [0.1, 0.15) is 11.4 Å². The summed E-state index contributed by atoms with van der Waals surface area (Å²) < 4.78 is 1.79. The lowest BCUT2D eigenvalue weighted by molar-refractivity contribution is -0.0230. The van der Waals surface area contributed by atoms with Crippen LogP contribution in [-0.4, -0.2) is 47.0 Å². The highest BCUT2D eigenvalue weighted by molar-refractivity contribution is 5.56. The van der Waals surface area contributed by atoms with Crippen LogP contribution in [0.5, 0.6) is 5.75 Å². The number of phenolic OH excluding ortho intramolecular Hbond substituents is 1.